The molecular weight excluding hydrogens is 206 g/mol. The van der Waals surface area contributed by atoms with Crippen molar-refractivity contribution in [2.24, 2.45) is 0 Å². The van der Waals surface area contributed by atoms with Crippen LogP contribution in [0.1, 0.15) is 26.7 Å². The summed E-state index contributed by atoms with van der Waals surface area (Å²) in [6, 6.07) is 0. The van der Waals surface area contributed by atoms with Crippen molar-refractivity contribution in [2.45, 2.75) is 26.7 Å². The van der Waals surface area contributed by atoms with Gasteiger partial charge in [-0.2, -0.15) is 0 Å². The first kappa shape index (κ1) is 15.7. The van der Waals surface area contributed by atoms with Crippen molar-refractivity contribution >= 4 is 0 Å². The first-order valence-electron chi connectivity index (χ1n) is 6.37. The molecule has 94 valence electrons. The molecule has 1 heteroatoms. The SMILES string of the molecule is C=C/C=C(\C=C)CNCC1=CCCC=C1.CC. The van der Waals surface area contributed by atoms with E-state index in [1.54, 1.807) is 6.08 Å². The fourth-order valence-corrected chi connectivity index (χ4v) is 1.50. The summed E-state index contributed by atoms with van der Waals surface area (Å²) < 4.78 is 0. The van der Waals surface area contributed by atoms with Gasteiger partial charge in [0.25, 0.3) is 0 Å². The van der Waals surface area contributed by atoms with Gasteiger partial charge in [0, 0.05) is 13.1 Å². The van der Waals surface area contributed by atoms with Gasteiger partial charge in [0.05, 0.1) is 0 Å². The molecule has 0 spiro atoms. The standard InChI is InChI=1S/C14H19N.C2H6/c1-3-8-13(4-2)11-15-12-14-9-6-5-7-10-14;1-2/h3-4,6,8-10,15H,1-2,5,7,11-12H2;1-2H3/b13-8+;. The van der Waals surface area contributed by atoms with Crippen molar-refractivity contribution in [3.63, 3.8) is 0 Å². The number of rotatable bonds is 6. The summed E-state index contributed by atoms with van der Waals surface area (Å²) in [6.45, 7) is 13.2. The average molecular weight is 231 g/mol. The molecule has 0 saturated heterocycles. The zero-order valence-corrected chi connectivity index (χ0v) is 11.2. The molecule has 1 N–H and O–H groups in total. The van der Waals surface area contributed by atoms with Crippen LogP contribution < -0.4 is 5.32 Å². The van der Waals surface area contributed by atoms with Crippen LogP contribution in [0.4, 0.5) is 0 Å². The third kappa shape index (κ3) is 7.53. The van der Waals surface area contributed by atoms with Crippen LogP contribution in [0.25, 0.3) is 0 Å². The van der Waals surface area contributed by atoms with Crippen LogP contribution in [0.3, 0.4) is 0 Å². The topological polar surface area (TPSA) is 12.0 Å². The lowest BCUT2D eigenvalue weighted by Crippen LogP contribution is -2.19. The quantitative estimate of drug-likeness (QED) is 0.676. The molecule has 1 aliphatic carbocycles. The van der Waals surface area contributed by atoms with Gasteiger partial charge in [-0.25, -0.2) is 0 Å². The lowest BCUT2D eigenvalue weighted by Gasteiger charge is -2.08. The minimum Gasteiger partial charge on any atom is -0.309 e. The summed E-state index contributed by atoms with van der Waals surface area (Å²) in [7, 11) is 0. The summed E-state index contributed by atoms with van der Waals surface area (Å²) in [6.07, 6.45) is 14.7. The highest BCUT2D eigenvalue weighted by Crippen LogP contribution is 2.08. The zero-order valence-electron chi connectivity index (χ0n) is 11.2. The lowest BCUT2D eigenvalue weighted by atomic mass is 10.1. The highest BCUT2D eigenvalue weighted by atomic mass is 14.8. The Morgan fingerprint density at radius 1 is 1.35 bits per heavy atom. The third-order valence-corrected chi connectivity index (χ3v) is 2.32. The van der Waals surface area contributed by atoms with Crippen LogP contribution >= 0.6 is 0 Å². The maximum absolute atomic E-state index is 3.76. The molecule has 0 aromatic carbocycles. The third-order valence-electron chi connectivity index (χ3n) is 2.32. The van der Waals surface area contributed by atoms with Crippen molar-refractivity contribution in [3.05, 3.63) is 60.8 Å². The monoisotopic (exact) mass is 231 g/mol. The van der Waals surface area contributed by atoms with Gasteiger partial charge in [-0.15, -0.1) is 0 Å². The van der Waals surface area contributed by atoms with E-state index in [0.29, 0.717) is 0 Å². The molecule has 0 bridgehead atoms. The van der Waals surface area contributed by atoms with Gasteiger partial charge in [0.2, 0.25) is 0 Å². The summed E-state index contributed by atoms with van der Waals surface area (Å²) in [4.78, 5) is 0. The Bertz CT molecular complexity index is 305. The van der Waals surface area contributed by atoms with Gasteiger partial charge in [0.1, 0.15) is 0 Å². The predicted octanol–water partition coefficient (Wildman–Crippen LogP) is 4.18. The maximum atomic E-state index is 3.76. The minimum atomic E-state index is 0.848. The molecular formula is C16H25N. The summed E-state index contributed by atoms with van der Waals surface area (Å²) in [5.74, 6) is 0. The molecule has 0 heterocycles. The first-order chi connectivity index (χ1) is 8.36. The van der Waals surface area contributed by atoms with E-state index >= 15 is 0 Å². The Kier molecular flexibility index (Phi) is 10.3. The largest absolute Gasteiger partial charge is 0.309 e. The normalized spacial score (nSPS) is 14.5. The molecule has 0 aromatic rings. The maximum Gasteiger partial charge on any atom is 0.0208 e. The Hall–Kier alpha value is -1.34. The average Bonchev–Trinajstić information content (AvgIpc) is 2.41. The van der Waals surface area contributed by atoms with Crippen molar-refractivity contribution in [3.8, 4) is 0 Å². The van der Waals surface area contributed by atoms with Crippen molar-refractivity contribution in [1.82, 2.24) is 5.32 Å². The van der Waals surface area contributed by atoms with E-state index in [1.165, 1.54) is 24.0 Å². The van der Waals surface area contributed by atoms with Crippen LogP contribution in [-0.4, -0.2) is 13.1 Å². The second kappa shape index (κ2) is 11.2. The minimum absolute atomic E-state index is 0.848. The van der Waals surface area contributed by atoms with E-state index in [1.807, 2.05) is 26.0 Å². The summed E-state index contributed by atoms with van der Waals surface area (Å²) >= 11 is 0. The summed E-state index contributed by atoms with van der Waals surface area (Å²) in [5, 5.41) is 3.38. The van der Waals surface area contributed by atoms with Gasteiger partial charge in [0.15, 0.2) is 0 Å². The van der Waals surface area contributed by atoms with Gasteiger partial charge in [-0.05, 0) is 24.0 Å². The van der Waals surface area contributed by atoms with Crippen LogP contribution in [-0.2, 0) is 0 Å². The molecule has 1 nitrogen and oxygen atoms in total. The molecule has 0 amide bonds. The summed E-state index contributed by atoms with van der Waals surface area (Å²) in [5.41, 5.74) is 2.55. The Morgan fingerprint density at radius 2 is 2.12 bits per heavy atom. The van der Waals surface area contributed by atoms with E-state index in [2.05, 4.69) is 36.7 Å². The highest BCUT2D eigenvalue weighted by Gasteiger charge is 1.97. The number of hydrogen-bond donors (Lipinski definition) is 1. The molecule has 0 saturated carbocycles. The van der Waals surface area contributed by atoms with E-state index in [-0.39, 0.29) is 0 Å². The molecule has 0 radical (unpaired) electrons. The van der Waals surface area contributed by atoms with E-state index in [4.69, 9.17) is 0 Å². The molecule has 1 rings (SSSR count). The molecule has 0 aliphatic heterocycles. The predicted molar refractivity (Wildman–Crippen MR) is 79.2 cm³/mol. The first-order valence-corrected chi connectivity index (χ1v) is 6.37. The second-order valence-electron chi connectivity index (χ2n) is 3.54. The Balaban J connectivity index is 0.00000121. The van der Waals surface area contributed by atoms with Gasteiger partial charge >= 0.3 is 0 Å². The smallest absolute Gasteiger partial charge is 0.0208 e. The fourth-order valence-electron chi connectivity index (χ4n) is 1.50. The molecule has 0 atom stereocenters. The number of nitrogens with one attached hydrogen (secondary N) is 1. The Morgan fingerprint density at radius 3 is 2.65 bits per heavy atom. The lowest BCUT2D eigenvalue weighted by molar-refractivity contribution is 0.800. The van der Waals surface area contributed by atoms with E-state index in [0.717, 1.165) is 13.1 Å². The number of hydrogen-bond acceptors (Lipinski definition) is 1. The van der Waals surface area contributed by atoms with Crippen LogP contribution in [0.15, 0.2) is 60.8 Å². The number of allylic oxidation sites excluding steroid dienone is 4. The fraction of sp³-hybridized carbons (Fsp3) is 0.375. The molecule has 17 heavy (non-hydrogen) atoms. The van der Waals surface area contributed by atoms with Crippen LogP contribution in [0.5, 0.6) is 0 Å². The van der Waals surface area contributed by atoms with E-state index < -0.39 is 0 Å². The van der Waals surface area contributed by atoms with Crippen LogP contribution in [0, 0.1) is 0 Å². The van der Waals surface area contributed by atoms with E-state index in [9.17, 15) is 0 Å². The molecule has 0 fully saturated rings. The van der Waals surface area contributed by atoms with Gasteiger partial charge in [-0.1, -0.05) is 63.5 Å². The molecule has 0 aromatic heterocycles. The van der Waals surface area contributed by atoms with Crippen LogP contribution in [0.2, 0.25) is 0 Å². The zero-order chi connectivity index (χ0) is 12.9. The van der Waals surface area contributed by atoms with Crippen molar-refractivity contribution in [2.75, 3.05) is 13.1 Å². The highest BCUT2D eigenvalue weighted by molar-refractivity contribution is 5.25. The van der Waals surface area contributed by atoms with Gasteiger partial charge in [-0.3, -0.25) is 0 Å². The Labute approximate surface area is 106 Å². The van der Waals surface area contributed by atoms with Gasteiger partial charge < -0.3 is 5.32 Å². The molecule has 0 unspecified atom stereocenters. The second-order valence-corrected chi connectivity index (χ2v) is 3.54. The van der Waals surface area contributed by atoms with Crippen molar-refractivity contribution < 1.29 is 0 Å². The van der Waals surface area contributed by atoms with Crippen molar-refractivity contribution in [1.29, 1.82) is 0 Å². The molecule has 1 aliphatic rings.